The van der Waals surface area contributed by atoms with Crippen LogP contribution in [-0.4, -0.2) is 14.5 Å². The Labute approximate surface area is 112 Å². The van der Waals surface area contributed by atoms with Crippen LogP contribution in [0.5, 0.6) is 0 Å². The van der Waals surface area contributed by atoms with Crippen LogP contribution in [-0.2, 0) is 6.54 Å². The molecule has 0 aliphatic heterocycles. The second kappa shape index (κ2) is 5.22. The highest BCUT2D eigenvalue weighted by atomic mass is 15.1. The number of unbranched alkanes of at least 4 members (excludes halogenated alkanes) is 1. The molecule has 1 aromatic carbocycles. The summed E-state index contributed by atoms with van der Waals surface area (Å²) < 4.78 is 2.31. The largest absolute Gasteiger partial charge is 0.324 e. The molecular formula is C16H17N3. The van der Waals surface area contributed by atoms with Crippen LogP contribution in [0.1, 0.15) is 19.8 Å². The van der Waals surface area contributed by atoms with Crippen LogP contribution in [0.25, 0.3) is 22.4 Å². The van der Waals surface area contributed by atoms with Gasteiger partial charge in [-0.15, -0.1) is 0 Å². The normalized spacial score (nSPS) is 11.0. The van der Waals surface area contributed by atoms with Gasteiger partial charge in [-0.2, -0.15) is 0 Å². The van der Waals surface area contributed by atoms with E-state index >= 15 is 0 Å². The lowest BCUT2D eigenvalue weighted by atomic mass is 10.2. The molecule has 3 aromatic rings. The number of rotatable bonds is 4. The first-order valence-electron chi connectivity index (χ1n) is 6.76. The van der Waals surface area contributed by atoms with Crippen molar-refractivity contribution in [2.75, 3.05) is 0 Å². The number of hydrogen-bond donors (Lipinski definition) is 0. The third-order valence-corrected chi connectivity index (χ3v) is 3.33. The Morgan fingerprint density at radius 1 is 1.05 bits per heavy atom. The molecule has 0 radical (unpaired) electrons. The van der Waals surface area contributed by atoms with Gasteiger partial charge < -0.3 is 4.57 Å². The minimum Gasteiger partial charge on any atom is -0.324 e. The minimum atomic E-state index is 1.01. The fourth-order valence-electron chi connectivity index (χ4n) is 2.34. The SMILES string of the molecule is CCCCn1c(-c2ccncc2)nc2ccccc21. The topological polar surface area (TPSA) is 30.7 Å². The van der Waals surface area contributed by atoms with E-state index in [9.17, 15) is 0 Å². The Hall–Kier alpha value is -2.16. The average Bonchev–Trinajstić information content (AvgIpc) is 2.85. The van der Waals surface area contributed by atoms with Gasteiger partial charge in [-0.3, -0.25) is 4.98 Å². The number of hydrogen-bond acceptors (Lipinski definition) is 2. The highest BCUT2D eigenvalue weighted by Gasteiger charge is 2.11. The van der Waals surface area contributed by atoms with E-state index in [1.165, 1.54) is 18.4 Å². The summed E-state index contributed by atoms with van der Waals surface area (Å²) in [7, 11) is 0. The van der Waals surface area contributed by atoms with Crippen LogP contribution >= 0.6 is 0 Å². The molecule has 0 fully saturated rings. The van der Waals surface area contributed by atoms with Crippen molar-refractivity contribution >= 4 is 11.0 Å². The fourth-order valence-corrected chi connectivity index (χ4v) is 2.34. The fraction of sp³-hybridized carbons (Fsp3) is 0.250. The third kappa shape index (κ3) is 2.24. The molecule has 2 heterocycles. The maximum Gasteiger partial charge on any atom is 0.141 e. The molecule has 3 nitrogen and oxygen atoms in total. The molecule has 0 bridgehead atoms. The summed E-state index contributed by atoms with van der Waals surface area (Å²) in [5.41, 5.74) is 3.40. The van der Waals surface area contributed by atoms with Crippen molar-refractivity contribution in [2.24, 2.45) is 0 Å². The van der Waals surface area contributed by atoms with Crippen molar-refractivity contribution in [1.29, 1.82) is 0 Å². The number of nitrogens with zero attached hydrogens (tertiary/aromatic N) is 3. The number of para-hydroxylation sites is 2. The summed E-state index contributed by atoms with van der Waals surface area (Å²) in [6, 6.07) is 12.4. The van der Waals surface area contributed by atoms with Gasteiger partial charge in [0.25, 0.3) is 0 Å². The molecule has 3 rings (SSSR count). The second-order valence-corrected chi connectivity index (χ2v) is 4.67. The van der Waals surface area contributed by atoms with E-state index in [1.807, 2.05) is 30.6 Å². The average molecular weight is 251 g/mol. The molecule has 0 saturated heterocycles. The molecule has 0 atom stereocenters. The van der Waals surface area contributed by atoms with Gasteiger partial charge in [0.05, 0.1) is 11.0 Å². The molecule has 3 heteroatoms. The van der Waals surface area contributed by atoms with E-state index in [2.05, 4.69) is 34.7 Å². The summed E-state index contributed by atoms with van der Waals surface area (Å²) in [6.07, 6.45) is 5.98. The monoisotopic (exact) mass is 251 g/mol. The van der Waals surface area contributed by atoms with Crippen LogP contribution in [0.4, 0.5) is 0 Å². The predicted molar refractivity (Wildman–Crippen MR) is 77.9 cm³/mol. The molecule has 2 aromatic heterocycles. The zero-order valence-corrected chi connectivity index (χ0v) is 11.1. The van der Waals surface area contributed by atoms with E-state index in [0.29, 0.717) is 0 Å². The number of pyridine rings is 1. The third-order valence-electron chi connectivity index (χ3n) is 3.33. The molecular weight excluding hydrogens is 234 g/mol. The van der Waals surface area contributed by atoms with Crippen LogP contribution in [0.15, 0.2) is 48.8 Å². The molecule has 0 saturated carbocycles. The Morgan fingerprint density at radius 2 is 1.84 bits per heavy atom. The Balaban J connectivity index is 2.17. The maximum atomic E-state index is 4.77. The number of aromatic nitrogens is 3. The van der Waals surface area contributed by atoms with Crippen molar-refractivity contribution in [3.8, 4) is 11.4 Å². The Morgan fingerprint density at radius 3 is 2.63 bits per heavy atom. The van der Waals surface area contributed by atoms with Gasteiger partial charge in [0.2, 0.25) is 0 Å². The van der Waals surface area contributed by atoms with Crippen molar-refractivity contribution in [3.63, 3.8) is 0 Å². The molecule has 0 N–H and O–H groups in total. The van der Waals surface area contributed by atoms with Crippen LogP contribution in [0, 0.1) is 0 Å². The summed E-state index contributed by atoms with van der Waals surface area (Å²) in [4.78, 5) is 8.85. The quantitative estimate of drug-likeness (QED) is 0.704. The van der Waals surface area contributed by atoms with Gasteiger partial charge in [0, 0.05) is 24.5 Å². The smallest absolute Gasteiger partial charge is 0.141 e. The van der Waals surface area contributed by atoms with Crippen molar-refractivity contribution in [2.45, 2.75) is 26.3 Å². The molecule has 0 amide bonds. The lowest BCUT2D eigenvalue weighted by Gasteiger charge is -2.08. The zero-order chi connectivity index (χ0) is 13.1. The van der Waals surface area contributed by atoms with Crippen molar-refractivity contribution in [1.82, 2.24) is 14.5 Å². The number of aryl methyl sites for hydroxylation is 1. The highest BCUT2D eigenvalue weighted by molar-refractivity contribution is 5.80. The summed E-state index contributed by atoms with van der Waals surface area (Å²) >= 11 is 0. The van der Waals surface area contributed by atoms with E-state index < -0.39 is 0 Å². The van der Waals surface area contributed by atoms with Crippen LogP contribution in [0.3, 0.4) is 0 Å². The summed E-state index contributed by atoms with van der Waals surface area (Å²) in [6.45, 7) is 3.22. The molecule has 0 aliphatic carbocycles. The molecule has 0 unspecified atom stereocenters. The van der Waals surface area contributed by atoms with Crippen molar-refractivity contribution < 1.29 is 0 Å². The molecule has 0 aliphatic rings. The first-order valence-corrected chi connectivity index (χ1v) is 6.76. The van der Waals surface area contributed by atoms with Crippen molar-refractivity contribution in [3.05, 3.63) is 48.8 Å². The molecule has 0 spiro atoms. The highest BCUT2D eigenvalue weighted by Crippen LogP contribution is 2.24. The Kier molecular flexibility index (Phi) is 3.27. The molecule has 96 valence electrons. The standard InChI is InChI=1S/C16H17N3/c1-2-3-12-19-15-7-5-4-6-14(15)18-16(19)13-8-10-17-11-9-13/h4-11H,2-3,12H2,1H3. The second-order valence-electron chi connectivity index (χ2n) is 4.67. The van der Waals surface area contributed by atoms with E-state index in [-0.39, 0.29) is 0 Å². The predicted octanol–water partition coefficient (Wildman–Crippen LogP) is 3.90. The first-order chi connectivity index (χ1) is 9.40. The summed E-state index contributed by atoms with van der Waals surface area (Å²) in [5, 5.41) is 0. The number of benzene rings is 1. The van der Waals surface area contributed by atoms with Crippen LogP contribution in [0.2, 0.25) is 0 Å². The van der Waals surface area contributed by atoms with Gasteiger partial charge >= 0.3 is 0 Å². The van der Waals surface area contributed by atoms with Gasteiger partial charge in [-0.1, -0.05) is 25.5 Å². The molecule has 19 heavy (non-hydrogen) atoms. The lowest BCUT2D eigenvalue weighted by molar-refractivity contribution is 0.651. The zero-order valence-electron chi connectivity index (χ0n) is 11.1. The number of imidazole rings is 1. The first kappa shape index (κ1) is 11.9. The van der Waals surface area contributed by atoms with E-state index in [0.717, 1.165) is 23.4 Å². The minimum absolute atomic E-state index is 1.01. The van der Waals surface area contributed by atoms with Gasteiger partial charge in [-0.05, 0) is 30.7 Å². The van der Waals surface area contributed by atoms with E-state index in [1.54, 1.807) is 0 Å². The summed E-state index contributed by atoms with van der Waals surface area (Å²) in [5.74, 6) is 1.04. The van der Waals surface area contributed by atoms with Gasteiger partial charge in [0.15, 0.2) is 0 Å². The maximum absolute atomic E-state index is 4.77. The van der Waals surface area contributed by atoms with Crippen LogP contribution < -0.4 is 0 Å². The van der Waals surface area contributed by atoms with E-state index in [4.69, 9.17) is 4.98 Å². The lowest BCUT2D eigenvalue weighted by Crippen LogP contribution is -2.00. The Bertz CT molecular complexity index is 671. The number of fused-ring (bicyclic) bond motifs is 1. The van der Waals surface area contributed by atoms with Gasteiger partial charge in [0.1, 0.15) is 5.82 Å². The van der Waals surface area contributed by atoms with Gasteiger partial charge in [-0.25, -0.2) is 4.98 Å².